The summed E-state index contributed by atoms with van der Waals surface area (Å²) in [6, 6.07) is 5.84. The maximum atomic E-state index is 13.2. The second-order valence-electron chi connectivity index (χ2n) is 7.85. The lowest BCUT2D eigenvalue weighted by molar-refractivity contribution is -0.123. The molecule has 1 fully saturated rings. The normalized spacial score (nSPS) is 22.8. The standard InChI is InChI=1S/C22H30BrNO2/c1-2-3-5-16-7-9-17(10-8-16)22(26)24-13-4-6-18-14-19(21(25)15-23)11-12-20(18)24/h11-12,14,16-17H,2-10,13,15H2,1H3. The Morgan fingerprint density at radius 2 is 1.96 bits per heavy atom. The number of hydrogen-bond donors (Lipinski definition) is 0. The van der Waals surface area contributed by atoms with E-state index in [-0.39, 0.29) is 11.7 Å². The van der Waals surface area contributed by atoms with Crippen molar-refractivity contribution in [2.24, 2.45) is 11.8 Å². The number of aryl methyl sites for hydroxylation is 1. The molecule has 142 valence electrons. The van der Waals surface area contributed by atoms with E-state index in [0.717, 1.165) is 55.0 Å². The minimum atomic E-state index is 0.0988. The van der Waals surface area contributed by atoms with Crippen molar-refractivity contribution in [2.75, 3.05) is 16.8 Å². The summed E-state index contributed by atoms with van der Waals surface area (Å²) in [5.74, 6) is 1.41. The summed E-state index contributed by atoms with van der Waals surface area (Å²) in [5, 5.41) is 0.343. The largest absolute Gasteiger partial charge is 0.312 e. The number of rotatable bonds is 6. The van der Waals surface area contributed by atoms with Crippen molar-refractivity contribution in [3.63, 3.8) is 0 Å². The van der Waals surface area contributed by atoms with Crippen LogP contribution in [0.4, 0.5) is 5.69 Å². The lowest BCUT2D eigenvalue weighted by atomic mass is 9.79. The number of halogens is 1. The van der Waals surface area contributed by atoms with E-state index in [4.69, 9.17) is 0 Å². The highest BCUT2D eigenvalue weighted by Crippen LogP contribution is 2.36. The molecule has 0 N–H and O–H groups in total. The number of hydrogen-bond acceptors (Lipinski definition) is 2. The van der Waals surface area contributed by atoms with Crippen LogP contribution in [0.5, 0.6) is 0 Å². The highest BCUT2D eigenvalue weighted by Gasteiger charge is 2.32. The van der Waals surface area contributed by atoms with Crippen molar-refractivity contribution in [3.8, 4) is 0 Å². The molecular weight excluding hydrogens is 390 g/mol. The van der Waals surface area contributed by atoms with Gasteiger partial charge in [-0.15, -0.1) is 0 Å². The second-order valence-corrected chi connectivity index (χ2v) is 8.41. The van der Waals surface area contributed by atoms with Crippen LogP contribution in [0.25, 0.3) is 0 Å². The summed E-state index contributed by atoms with van der Waals surface area (Å²) >= 11 is 3.24. The van der Waals surface area contributed by atoms with Gasteiger partial charge in [-0.2, -0.15) is 0 Å². The third kappa shape index (κ3) is 4.39. The molecule has 4 heteroatoms. The molecule has 1 saturated carbocycles. The number of carbonyl (C=O) groups is 2. The molecule has 0 radical (unpaired) electrons. The molecule has 0 saturated heterocycles. The molecule has 1 aromatic carbocycles. The van der Waals surface area contributed by atoms with Crippen LogP contribution in [0.1, 0.15) is 74.2 Å². The fourth-order valence-corrected chi connectivity index (χ4v) is 4.81. The van der Waals surface area contributed by atoms with Gasteiger partial charge < -0.3 is 4.90 Å². The molecule has 26 heavy (non-hydrogen) atoms. The first-order chi connectivity index (χ1) is 12.6. The number of unbranched alkanes of at least 4 members (excludes halogenated alkanes) is 1. The number of benzene rings is 1. The van der Waals surface area contributed by atoms with E-state index < -0.39 is 0 Å². The molecule has 1 aliphatic heterocycles. The Kier molecular flexibility index (Phi) is 6.91. The predicted octanol–water partition coefficient (Wildman–Crippen LogP) is 5.54. The number of alkyl halides is 1. The molecule has 2 aliphatic rings. The maximum absolute atomic E-state index is 13.2. The van der Waals surface area contributed by atoms with E-state index in [1.54, 1.807) is 0 Å². The fraction of sp³-hybridized carbons (Fsp3) is 0.636. The molecule has 1 heterocycles. The quantitative estimate of drug-likeness (QED) is 0.448. The Hall–Kier alpha value is -1.16. The molecule has 0 aromatic heterocycles. The van der Waals surface area contributed by atoms with Gasteiger partial charge in [-0.3, -0.25) is 9.59 Å². The van der Waals surface area contributed by atoms with E-state index >= 15 is 0 Å². The van der Waals surface area contributed by atoms with Crippen molar-refractivity contribution < 1.29 is 9.59 Å². The second kappa shape index (κ2) is 9.16. The monoisotopic (exact) mass is 419 g/mol. The summed E-state index contributed by atoms with van der Waals surface area (Å²) < 4.78 is 0. The van der Waals surface area contributed by atoms with Gasteiger partial charge in [0.05, 0.1) is 5.33 Å². The first-order valence-corrected chi connectivity index (χ1v) is 11.3. The lowest BCUT2D eigenvalue weighted by Crippen LogP contribution is -2.41. The molecule has 0 bridgehead atoms. The third-order valence-corrected chi connectivity index (χ3v) is 6.58. The zero-order valence-corrected chi connectivity index (χ0v) is 17.4. The van der Waals surface area contributed by atoms with Gasteiger partial charge in [0.25, 0.3) is 0 Å². The van der Waals surface area contributed by atoms with Gasteiger partial charge in [0.15, 0.2) is 5.78 Å². The summed E-state index contributed by atoms with van der Waals surface area (Å²) in [7, 11) is 0. The van der Waals surface area contributed by atoms with Gasteiger partial charge in [-0.1, -0.05) is 42.1 Å². The zero-order chi connectivity index (χ0) is 18.5. The molecule has 0 atom stereocenters. The van der Waals surface area contributed by atoms with Crippen LogP contribution in [0.3, 0.4) is 0 Å². The number of Topliss-reactive ketones (excluding diaryl/α,β-unsaturated/α-hetero) is 1. The molecule has 1 aromatic rings. The first kappa shape index (κ1) is 19.6. The van der Waals surface area contributed by atoms with Crippen LogP contribution in [-0.4, -0.2) is 23.6 Å². The molecule has 1 aliphatic carbocycles. The smallest absolute Gasteiger partial charge is 0.230 e. The van der Waals surface area contributed by atoms with Crippen LogP contribution < -0.4 is 4.90 Å². The lowest BCUT2D eigenvalue weighted by Gasteiger charge is -2.35. The van der Waals surface area contributed by atoms with Crippen molar-refractivity contribution in [1.29, 1.82) is 0 Å². The molecule has 1 amide bonds. The average Bonchev–Trinajstić information content (AvgIpc) is 2.70. The van der Waals surface area contributed by atoms with E-state index in [0.29, 0.717) is 11.2 Å². The maximum Gasteiger partial charge on any atom is 0.230 e. The molecule has 3 rings (SSSR count). The van der Waals surface area contributed by atoms with Crippen LogP contribution in [0.15, 0.2) is 18.2 Å². The minimum absolute atomic E-state index is 0.0988. The van der Waals surface area contributed by atoms with Crippen LogP contribution in [-0.2, 0) is 11.2 Å². The predicted molar refractivity (Wildman–Crippen MR) is 110 cm³/mol. The van der Waals surface area contributed by atoms with E-state index in [1.165, 1.54) is 32.1 Å². The number of carbonyl (C=O) groups excluding carboxylic acids is 2. The van der Waals surface area contributed by atoms with Gasteiger partial charge in [0.1, 0.15) is 0 Å². The molecule has 0 unspecified atom stereocenters. The number of amides is 1. The Balaban J connectivity index is 1.67. The summed E-state index contributed by atoms with van der Waals surface area (Å²) in [5.41, 5.74) is 2.92. The molecular formula is C22H30BrNO2. The van der Waals surface area contributed by atoms with Crippen molar-refractivity contribution in [3.05, 3.63) is 29.3 Å². The summed E-state index contributed by atoms with van der Waals surface area (Å²) in [4.78, 5) is 27.1. The van der Waals surface area contributed by atoms with Gasteiger partial charge in [0, 0.05) is 23.7 Å². The molecule has 3 nitrogen and oxygen atoms in total. The Morgan fingerprint density at radius 1 is 1.19 bits per heavy atom. The van der Waals surface area contributed by atoms with Crippen molar-refractivity contribution in [1.82, 2.24) is 0 Å². The number of fused-ring (bicyclic) bond motifs is 1. The van der Waals surface area contributed by atoms with Gasteiger partial charge in [-0.05, 0) is 68.2 Å². The fourth-order valence-electron chi connectivity index (χ4n) is 4.49. The Labute approximate surface area is 165 Å². The first-order valence-electron chi connectivity index (χ1n) is 10.2. The third-order valence-electron chi connectivity index (χ3n) is 6.07. The molecule has 0 spiro atoms. The van der Waals surface area contributed by atoms with Crippen LogP contribution >= 0.6 is 15.9 Å². The van der Waals surface area contributed by atoms with Crippen molar-refractivity contribution in [2.45, 2.75) is 64.7 Å². The average molecular weight is 420 g/mol. The Bertz CT molecular complexity index is 650. The van der Waals surface area contributed by atoms with E-state index in [1.807, 2.05) is 23.1 Å². The zero-order valence-electron chi connectivity index (χ0n) is 15.8. The summed E-state index contributed by atoms with van der Waals surface area (Å²) in [6.45, 7) is 3.06. The minimum Gasteiger partial charge on any atom is -0.312 e. The Morgan fingerprint density at radius 3 is 2.65 bits per heavy atom. The van der Waals surface area contributed by atoms with Gasteiger partial charge in [0.2, 0.25) is 5.91 Å². The van der Waals surface area contributed by atoms with E-state index in [2.05, 4.69) is 22.9 Å². The van der Waals surface area contributed by atoms with Crippen LogP contribution in [0.2, 0.25) is 0 Å². The van der Waals surface area contributed by atoms with Crippen molar-refractivity contribution >= 4 is 33.3 Å². The van der Waals surface area contributed by atoms with Crippen LogP contribution in [0, 0.1) is 11.8 Å². The highest BCUT2D eigenvalue weighted by molar-refractivity contribution is 9.09. The topological polar surface area (TPSA) is 37.4 Å². The SMILES string of the molecule is CCCCC1CCC(C(=O)N2CCCc3cc(C(=O)CBr)ccc32)CC1. The van der Waals surface area contributed by atoms with Gasteiger partial charge >= 0.3 is 0 Å². The number of nitrogens with zero attached hydrogens (tertiary/aromatic N) is 1. The number of ketones is 1. The van der Waals surface area contributed by atoms with E-state index in [9.17, 15) is 9.59 Å². The van der Waals surface area contributed by atoms with Gasteiger partial charge in [-0.25, -0.2) is 0 Å². The summed E-state index contributed by atoms with van der Waals surface area (Å²) in [6.07, 6.45) is 10.3. The number of anilines is 1. The highest BCUT2D eigenvalue weighted by atomic mass is 79.9.